The van der Waals surface area contributed by atoms with Gasteiger partial charge in [-0.3, -0.25) is 4.99 Å². The van der Waals surface area contributed by atoms with Crippen LogP contribution >= 0.6 is 0 Å². The van der Waals surface area contributed by atoms with E-state index in [9.17, 15) is 8.78 Å². The average Bonchev–Trinajstić information content (AvgIpc) is 2.53. The van der Waals surface area contributed by atoms with Gasteiger partial charge in [-0.1, -0.05) is 12.1 Å². The van der Waals surface area contributed by atoms with E-state index < -0.39 is 13.0 Å². The molecule has 0 aliphatic heterocycles. The number of hydrogen-bond acceptors (Lipinski definition) is 3. The minimum Gasteiger partial charge on any atom is -0.493 e. The highest BCUT2D eigenvalue weighted by Gasteiger charge is 2.07. The van der Waals surface area contributed by atoms with E-state index in [0.717, 1.165) is 23.3 Å². The summed E-state index contributed by atoms with van der Waals surface area (Å²) in [6.45, 7) is 3.19. The maximum Gasteiger partial charge on any atom is 0.255 e. The molecule has 5 nitrogen and oxygen atoms in total. The van der Waals surface area contributed by atoms with E-state index in [2.05, 4.69) is 15.6 Å². The van der Waals surface area contributed by atoms with Crippen molar-refractivity contribution < 1.29 is 18.3 Å². The smallest absolute Gasteiger partial charge is 0.255 e. The Labute approximate surface area is 136 Å². The molecule has 130 valence electrons. The van der Waals surface area contributed by atoms with Crippen molar-refractivity contribution in [3.05, 3.63) is 29.3 Å². The summed E-state index contributed by atoms with van der Waals surface area (Å²) in [5.41, 5.74) is 2.03. The molecule has 0 saturated heterocycles. The Bertz CT molecular complexity index is 496. The molecule has 0 unspecified atom stereocenters. The third-order valence-electron chi connectivity index (χ3n) is 3.07. The number of ether oxygens (including phenoxy) is 2. The zero-order valence-electron chi connectivity index (χ0n) is 13.9. The van der Waals surface area contributed by atoms with Crippen molar-refractivity contribution >= 4 is 5.96 Å². The van der Waals surface area contributed by atoms with Gasteiger partial charge in [-0.15, -0.1) is 0 Å². The minimum atomic E-state index is -2.42. The van der Waals surface area contributed by atoms with Gasteiger partial charge in [0.05, 0.1) is 13.2 Å². The Morgan fingerprint density at radius 3 is 2.70 bits per heavy atom. The molecule has 23 heavy (non-hydrogen) atoms. The van der Waals surface area contributed by atoms with Crippen LogP contribution < -0.4 is 15.4 Å². The molecule has 0 fully saturated rings. The first-order valence-electron chi connectivity index (χ1n) is 7.50. The van der Waals surface area contributed by atoms with Crippen molar-refractivity contribution in [1.29, 1.82) is 0 Å². The normalized spacial score (nSPS) is 11.7. The Kier molecular flexibility index (Phi) is 8.97. The van der Waals surface area contributed by atoms with Crippen LogP contribution in [-0.4, -0.2) is 46.3 Å². The van der Waals surface area contributed by atoms with Gasteiger partial charge < -0.3 is 20.1 Å². The van der Waals surface area contributed by atoms with Crippen molar-refractivity contribution in [2.75, 3.05) is 33.9 Å². The van der Waals surface area contributed by atoms with Gasteiger partial charge in [0.1, 0.15) is 5.75 Å². The lowest BCUT2D eigenvalue weighted by Gasteiger charge is -2.15. The molecule has 0 bridgehead atoms. The van der Waals surface area contributed by atoms with Crippen LogP contribution in [0.25, 0.3) is 0 Å². The van der Waals surface area contributed by atoms with Crippen LogP contribution in [0.3, 0.4) is 0 Å². The predicted octanol–water partition coefficient (Wildman–Crippen LogP) is 2.34. The van der Waals surface area contributed by atoms with Gasteiger partial charge in [0.25, 0.3) is 6.43 Å². The number of alkyl halides is 2. The second-order valence-corrected chi connectivity index (χ2v) is 5.00. The molecule has 2 N–H and O–H groups in total. The molecule has 0 amide bonds. The third-order valence-corrected chi connectivity index (χ3v) is 3.07. The fourth-order valence-corrected chi connectivity index (χ4v) is 1.90. The van der Waals surface area contributed by atoms with Gasteiger partial charge in [0.15, 0.2) is 5.96 Å². The molecular weight excluding hydrogens is 304 g/mol. The molecule has 1 aromatic carbocycles. The Morgan fingerprint density at radius 1 is 1.26 bits per heavy atom. The van der Waals surface area contributed by atoms with Crippen LogP contribution in [0.4, 0.5) is 8.78 Å². The summed E-state index contributed by atoms with van der Waals surface area (Å²) < 4.78 is 35.2. The number of aryl methyl sites for hydroxylation is 1. The van der Waals surface area contributed by atoms with Crippen molar-refractivity contribution in [3.8, 4) is 5.75 Å². The fraction of sp³-hybridized carbons (Fsp3) is 0.562. The van der Waals surface area contributed by atoms with E-state index in [4.69, 9.17) is 9.47 Å². The molecule has 1 aromatic rings. The highest BCUT2D eigenvalue weighted by Crippen LogP contribution is 2.20. The van der Waals surface area contributed by atoms with E-state index >= 15 is 0 Å². The molecule has 0 aromatic heterocycles. The van der Waals surface area contributed by atoms with Gasteiger partial charge in [-0.2, -0.15) is 0 Å². The van der Waals surface area contributed by atoms with E-state index in [0.29, 0.717) is 25.7 Å². The van der Waals surface area contributed by atoms with Crippen LogP contribution in [0.2, 0.25) is 0 Å². The second-order valence-electron chi connectivity index (χ2n) is 5.00. The zero-order valence-corrected chi connectivity index (χ0v) is 13.9. The predicted molar refractivity (Wildman–Crippen MR) is 87.4 cm³/mol. The van der Waals surface area contributed by atoms with Gasteiger partial charge in [0.2, 0.25) is 0 Å². The fourth-order valence-electron chi connectivity index (χ4n) is 1.90. The summed E-state index contributed by atoms with van der Waals surface area (Å²) >= 11 is 0. The number of hydrogen-bond donors (Lipinski definition) is 2. The molecule has 0 radical (unpaired) electrons. The molecule has 0 spiro atoms. The lowest BCUT2D eigenvalue weighted by atomic mass is 10.1. The maximum absolute atomic E-state index is 12.2. The van der Waals surface area contributed by atoms with Gasteiger partial charge >= 0.3 is 0 Å². The summed E-state index contributed by atoms with van der Waals surface area (Å²) in [4.78, 5) is 3.91. The monoisotopic (exact) mass is 329 g/mol. The lowest BCUT2D eigenvalue weighted by molar-refractivity contribution is 0.152. The summed E-state index contributed by atoms with van der Waals surface area (Å²) in [5, 5.41) is 5.56. The van der Waals surface area contributed by atoms with E-state index in [-0.39, 0.29) is 0 Å². The highest BCUT2D eigenvalue weighted by atomic mass is 19.3. The summed E-state index contributed by atoms with van der Waals surface area (Å²) in [6, 6.07) is 5.89. The quantitative estimate of drug-likeness (QED) is 0.415. The number of aliphatic imine (C=N–C) groups is 1. The van der Waals surface area contributed by atoms with E-state index in [1.165, 1.54) is 7.05 Å². The van der Waals surface area contributed by atoms with Crippen LogP contribution in [-0.2, 0) is 11.3 Å². The largest absolute Gasteiger partial charge is 0.493 e. The number of rotatable bonds is 9. The van der Waals surface area contributed by atoms with Gasteiger partial charge in [0, 0.05) is 39.3 Å². The summed E-state index contributed by atoms with van der Waals surface area (Å²) in [6.07, 6.45) is -1.62. The minimum absolute atomic E-state index is 0.330. The van der Waals surface area contributed by atoms with E-state index in [1.54, 1.807) is 7.11 Å². The first-order valence-corrected chi connectivity index (χ1v) is 7.50. The van der Waals surface area contributed by atoms with Gasteiger partial charge in [-0.25, -0.2) is 8.78 Å². The van der Waals surface area contributed by atoms with Crippen LogP contribution in [0.15, 0.2) is 23.2 Å². The van der Waals surface area contributed by atoms with Crippen molar-refractivity contribution in [2.45, 2.75) is 26.3 Å². The molecule has 0 atom stereocenters. The van der Waals surface area contributed by atoms with Crippen molar-refractivity contribution in [3.63, 3.8) is 0 Å². The highest BCUT2D eigenvalue weighted by molar-refractivity contribution is 5.79. The maximum atomic E-state index is 12.2. The molecule has 0 heterocycles. The standard InChI is InChI=1S/C16H25F2N3O2/c1-12-5-6-13(14(9-12)23-8-4-7-22-3)10-20-16(19-2)21-11-15(17)18/h5-6,9,15H,4,7-8,10-11H2,1-3H3,(H2,19,20,21). The number of nitrogens with zero attached hydrogens (tertiary/aromatic N) is 1. The molecule has 0 aliphatic carbocycles. The first-order chi connectivity index (χ1) is 11.1. The number of nitrogens with one attached hydrogen (secondary N) is 2. The number of halogens is 2. The van der Waals surface area contributed by atoms with Gasteiger partial charge in [-0.05, 0) is 18.6 Å². The SMILES string of the molecule is CN=C(NCc1ccc(C)cc1OCCCOC)NCC(F)F. The molecule has 1 rings (SSSR count). The van der Waals surface area contributed by atoms with Crippen molar-refractivity contribution in [1.82, 2.24) is 10.6 Å². The lowest BCUT2D eigenvalue weighted by Crippen LogP contribution is -2.39. The van der Waals surface area contributed by atoms with Crippen LogP contribution in [0.1, 0.15) is 17.5 Å². The Hall–Kier alpha value is -1.89. The molecule has 7 heteroatoms. The van der Waals surface area contributed by atoms with Crippen molar-refractivity contribution in [2.24, 2.45) is 4.99 Å². The number of benzene rings is 1. The average molecular weight is 329 g/mol. The number of methoxy groups -OCH3 is 1. The zero-order chi connectivity index (χ0) is 17.1. The topological polar surface area (TPSA) is 54.9 Å². The number of guanidine groups is 1. The first kappa shape index (κ1) is 19.2. The molecule has 0 aliphatic rings. The third kappa shape index (κ3) is 7.78. The Balaban J connectivity index is 2.60. The Morgan fingerprint density at radius 2 is 2.04 bits per heavy atom. The van der Waals surface area contributed by atoms with Crippen LogP contribution in [0.5, 0.6) is 5.75 Å². The second kappa shape index (κ2) is 10.8. The molecule has 0 saturated carbocycles. The molecular formula is C16H25F2N3O2. The van der Waals surface area contributed by atoms with Crippen LogP contribution in [0, 0.1) is 6.92 Å². The summed E-state index contributed by atoms with van der Waals surface area (Å²) in [5.74, 6) is 1.11. The van der Waals surface area contributed by atoms with E-state index in [1.807, 2.05) is 25.1 Å². The summed E-state index contributed by atoms with van der Waals surface area (Å²) in [7, 11) is 3.19.